The van der Waals surface area contributed by atoms with E-state index in [2.05, 4.69) is 10.5 Å². The first-order valence-corrected chi connectivity index (χ1v) is 12.1. The van der Waals surface area contributed by atoms with Gasteiger partial charge in [-0.2, -0.15) is 4.31 Å². The van der Waals surface area contributed by atoms with Crippen LogP contribution in [-0.2, 0) is 14.8 Å². The van der Waals surface area contributed by atoms with E-state index in [1.165, 1.54) is 4.31 Å². The monoisotopic (exact) mass is 461 g/mol. The molecule has 1 aliphatic rings. The predicted molar refractivity (Wildman–Crippen MR) is 123 cm³/mol. The van der Waals surface area contributed by atoms with E-state index >= 15 is 0 Å². The number of benzene rings is 1. The first-order valence-electron chi connectivity index (χ1n) is 10.6. The van der Waals surface area contributed by atoms with Crippen molar-refractivity contribution < 1.29 is 22.5 Å². The molecule has 1 fully saturated rings. The second-order valence-corrected chi connectivity index (χ2v) is 10.8. The third kappa shape index (κ3) is 5.39. The molecule has 1 aromatic heterocycles. The standard InChI is InChI=1S/C23H31N3O5S/c1-16-21(20(31-25-16)11-10-17-8-6-7-9-19(17)30-5)32(28,29)26-14-12-18(13-15-26)22(27)24-23(2,3)4/h6-11,18H,12-15H2,1-5H3,(H,24,27)/b11-10+. The number of methoxy groups -OCH3 is 1. The maximum absolute atomic E-state index is 13.4. The average molecular weight is 462 g/mol. The molecule has 3 rings (SSSR count). The van der Waals surface area contributed by atoms with E-state index < -0.39 is 10.0 Å². The van der Waals surface area contributed by atoms with Crippen LogP contribution in [0.4, 0.5) is 0 Å². The number of nitrogens with zero attached hydrogens (tertiary/aromatic N) is 2. The Morgan fingerprint density at radius 1 is 1.22 bits per heavy atom. The van der Waals surface area contributed by atoms with E-state index in [9.17, 15) is 13.2 Å². The van der Waals surface area contributed by atoms with Crippen molar-refractivity contribution in [3.8, 4) is 5.75 Å². The predicted octanol–water partition coefficient (Wildman–Crippen LogP) is 3.48. The van der Waals surface area contributed by atoms with Crippen LogP contribution in [0.2, 0.25) is 0 Å². The van der Waals surface area contributed by atoms with Gasteiger partial charge in [0, 0.05) is 30.1 Å². The number of carbonyl (C=O) groups is 1. The van der Waals surface area contributed by atoms with Gasteiger partial charge in [0.2, 0.25) is 15.9 Å². The van der Waals surface area contributed by atoms with E-state index in [1.54, 1.807) is 26.2 Å². The highest BCUT2D eigenvalue weighted by atomic mass is 32.2. The van der Waals surface area contributed by atoms with Crippen LogP contribution >= 0.6 is 0 Å². The smallest absolute Gasteiger partial charge is 0.248 e. The zero-order valence-corrected chi connectivity index (χ0v) is 20.0. The fourth-order valence-corrected chi connectivity index (χ4v) is 5.45. The Morgan fingerprint density at radius 2 is 1.88 bits per heavy atom. The molecule has 0 atom stereocenters. The summed E-state index contributed by atoms with van der Waals surface area (Å²) >= 11 is 0. The molecule has 9 heteroatoms. The summed E-state index contributed by atoms with van der Waals surface area (Å²) in [6, 6.07) is 7.41. The Labute approximate surface area is 189 Å². The minimum Gasteiger partial charge on any atom is -0.496 e. The number of hydrogen-bond donors (Lipinski definition) is 1. The molecule has 0 aliphatic carbocycles. The minimum absolute atomic E-state index is 0.0314. The Hall–Kier alpha value is -2.65. The summed E-state index contributed by atoms with van der Waals surface area (Å²) in [5.74, 6) is 0.603. The van der Waals surface area contributed by atoms with Gasteiger partial charge in [-0.15, -0.1) is 0 Å². The van der Waals surface area contributed by atoms with Gasteiger partial charge in [0.15, 0.2) is 10.7 Å². The molecule has 1 aliphatic heterocycles. The van der Waals surface area contributed by atoms with Gasteiger partial charge in [-0.1, -0.05) is 23.4 Å². The first-order chi connectivity index (χ1) is 15.0. The summed E-state index contributed by atoms with van der Waals surface area (Å²) in [6.07, 6.45) is 4.27. The van der Waals surface area contributed by atoms with Crippen molar-refractivity contribution >= 4 is 28.1 Å². The number of nitrogens with one attached hydrogen (secondary N) is 1. The SMILES string of the molecule is COc1ccccc1/C=C/c1onc(C)c1S(=O)(=O)N1CCC(C(=O)NC(C)(C)C)CC1. The van der Waals surface area contributed by atoms with Crippen LogP contribution in [0, 0.1) is 12.8 Å². The maximum atomic E-state index is 13.4. The molecule has 32 heavy (non-hydrogen) atoms. The Morgan fingerprint density at radius 3 is 2.50 bits per heavy atom. The van der Waals surface area contributed by atoms with E-state index in [4.69, 9.17) is 9.26 Å². The van der Waals surface area contributed by atoms with Crippen LogP contribution in [-0.4, -0.2) is 49.5 Å². The second-order valence-electron chi connectivity index (χ2n) is 8.95. The quantitative estimate of drug-likeness (QED) is 0.707. The van der Waals surface area contributed by atoms with Gasteiger partial charge >= 0.3 is 0 Å². The van der Waals surface area contributed by atoms with Gasteiger partial charge in [0.1, 0.15) is 11.4 Å². The molecule has 2 heterocycles. The van der Waals surface area contributed by atoms with Gasteiger partial charge in [-0.3, -0.25) is 4.79 Å². The van der Waals surface area contributed by atoms with E-state index in [-0.39, 0.29) is 41.1 Å². The lowest BCUT2D eigenvalue weighted by molar-refractivity contribution is -0.127. The molecule has 1 aromatic carbocycles. The molecule has 8 nitrogen and oxygen atoms in total. The van der Waals surface area contributed by atoms with Crippen LogP contribution in [0.5, 0.6) is 5.75 Å². The van der Waals surface area contributed by atoms with Gasteiger partial charge in [0.25, 0.3) is 0 Å². The van der Waals surface area contributed by atoms with Crippen molar-refractivity contribution in [1.82, 2.24) is 14.8 Å². The van der Waals surface area contributed by atoms with Crippen LogP contribution < -0.4 is 10.1 Å². The summed E-state index contributed by atoms with van der Waals surface area (Å²) in [5, 5.41) is 6.87. The zero-order chi connectivity index (χ0) is 23.5. The number of piperidine rings is 1. The van der Waals surface area contributed by atoms with Gasteiger partial charge in [0.05, 0.1) is 7.11 Å². The number of sulfonamides is 1. The van der Waals surface area contributed by atoms with E-state index in [0.29, 0.717) is 24.3 Å². The van der Waals surface area contributed by atoms with Crippen molar-refractivity contribution in [2.45, 2.75) is 51.0 Å². The van der Waals surface area contributed by atoms with Crippen LogP contribution in [0.3, 0.4) is 0 Å². The number of aryl methyl sites for hydroxylation is 1. The lowest BCUT2D eigenvalue weighted by Crippen LogP contribution is -2.47. The Bertz CT molecular complexity index is 1090. The summed E-state index contributed by atoms with van der Waals surface area (Å²) in [4.78, 5) is 12.5. The van der Waals surface area contributed by atoms with Crippen LogP contribution in [0.1, 0.15) is 50.6 Å². The van der Waals surface area contributed by atoms with Crippen LogP contribution in [0.25, 0.3) is 12.2 Å². The van der Waals surface area contributed by atoms with Crippen LogP contribution in [0.15, 0.2) is 33.7 Å². The summed E-state index contributed by atoms with van der Waals surface area (Å²) in [6.45, 7) is 7.94. The van der Waals surface area contributed by atoms with Gasteiger partial charge < -0.3 is 14.6 Å². The molecule has 2 aromatic rings. The van der Waals surface area contributed by atoms with E-state index in [1.807, 2.05) is 45.0 Å². The number of aromatic nitrogens is 1. The van der Waals surface area contributed by atoms with Gasteiger partial charge in [-0.05, 0) is 58.8 Å². The second kappa shape index (κ2) is 9.46. The first kappa shape index (κ1) is 24.0. The number of ether oxygens (including phenoxy) is 1. The molecule has 0 bridgehead atoms. The summed E-state index contributed by atoms with van der Waals surface area (Å²) in [5.41, 5.74) is 0.776. The molecular weight excluding hydrogens is 430 g/mol. The molecular formula is C23H31N3O5S. The normalized spacial score (nSPS) is 16.4. The highest BCUT2D eigenvalue weighted by molar-refractivity contribution is 7.89. The van der Waals surface area contributed by atoms with Crippen molar-refractivity contribution in [2.75, 3.05) is 20.2 Å². The number of rotatable bonds is 6. The highest BCUT2D eigenvalue weighted by Crippen LogP contribution is 2.30. The molecule has 174 valence electrons. The van der Waals surface area contributed by atoms with E-state index in [0.717, 1.165) is 5.56 Å². The molecule has 0 saturated carbocycles. The zero-order valence-electron chi connectivity index (χ0n) is 19.2. The van der Waals surface area contributed by atoms with Crippen molar-refractivity contribution in [2.24, 2.45) is 5.92 Å². The summed E-state index contributed by atoms with van der Waals surface area (Å²) in [7, 11) is -2.25. The lowest BCUT2D eigenvalue weighted by Gasteiger charge is -2.32. The molecule has 0 radical (unpaired) electrons. The number of hydrogen-bond acceptors (Lipinski definition) is 6. The fourth-order valence-electron chi connectivity index (χ4n) is 3.73. The lowest BCUT2D eigenvalue weighted by atomic mass is 9.96. The fraction of sp³-hybridized carbons (Fsp3) is 0.478. The molecule has 0 unspecified atom stereocenters. The number of para-hydroxylation sites is 1. The maximum Gasteiger partial charge on any atom is 0.248 e. The van der Waals surface area contributed by atoms with Crippen molar-refractivity contribution in [3.05, 3.63) is 41.3 Å². The largest absolute Gasteiger partial charge is 0.496 e. The third-order valence-electron chi connectivity index (χ3n) is 5.31. The molecule has 1 amide bonds. The molecule has 1 saturated heterocycles. The topological polar surface area (TPSA) is 102 Å². The highest BCUT2D eigenvalue weighted by Gasteiger charge is 2.36. The van der Waals surface area contributed by atoms with Gasteiger partial charge in [-0.25, -0.2) is 8.42 Å². The number of carbonyl (C=O) groups excluding carboxylic acids is 1. The van der Waals surface area contributed by atoms with Crippen molar-refractivity contribution in [3.63, 3.8) is 0 Å². The molecule has 1 N–H and O–H groups in total. The Balaban J connectivity index is 1.78. The summed E-state index contributed by atoms with van der Waals surface area (Å²) < 4.78 is 38.9. The third-order valence-corrected chi connectivity index (χ3v) is 7.36. The number of amides is 1. The average Bonchev–Trinajstić information content (AvgIpc) is 3.12. The van der Waals surface area contributed by atoms with Crippen molar-refractivity contribution in [1.29, 1.82) is 0 Å². The molecule has 0 spiro atoms. The Kier molecular flexibility index (Phi) is 7.09. The minimum atomic E-state index is -3.82.